The number of fused-ring (bicyclic) bond motifs is 1. The van der Waals surface area contributed by atoms with Gasteiger partial charge < -0.3 is 9.47 Å². The van der Waals surface area contributed by atoms with Crippen LogP contribution in [0.4, 0.5) is 0 Å². The SMILES string of the molecule is COc1ccc(-c2nc(C#N)c3ccccn23)cc1OC. The van der Waals surface area contributed by atoms with Gasteiger partial charge in [0.2, 0.25) is 0 Å². The van der Waals surface area contributed by atoms with Crippen molar-refractivity contribution in [1.82, 2.24) is 9.38 Å². The summed E-state index contributed by atoms with van der Waals surface area (Å²) in [5.74, 6) is 1.98. The van der Waals surface area contributed by atoms with Crippen molar-refractivity contribution in [3.8, 4) is 29.0 Å². The van der Waals surface area contributed by atoms with Crippen molar-refractivity contribution in [2.75, 3.05) is 14.2 Å². The summed E-state index contributed by atoms with van der Waals surface area (Å²) in [6, 6.07) is 13.3. The van der Waals surface area contributed by atoms with E-state index in [1.807, 2.05) is 47.0 Å². The molecule has 0 radical (unpaired) electrons. The fourth-order valence-corrected chi connectivity index (χ4v) is 2.30. The molecule has 5 heteroatoms. The van der Waals surface area contributed by atoms with E-state index in [0.717, 1.165) is 11.1 Å². The highest BCUT2D eigenvalue weighted by atomic mass is 16.5. The molecule has 0 unspecified atom stereocenters. The third-order valence-corrected chi connectivity index (χ3v) is 3.30. The van der Waals surface area contributed by atoms with E-state index in [9.17, 15) is 5.26 Å². The van der Waals surface area contributed by atoms with Gasteiger partial charge in [0.05, 0.1) is 19.7 Å². The van der Waals surface area contributed by atoms with Crippen LogP contribution in [0.25, 0.3) is 16.9 Å². The van der Waals surface area contributed by atoms with Crippen LogP contribution in [0.1, 0.15) is 5.69 Å². The van der Waals surface area contributed by atoms with Crippen molar-refractivity contribution in [2.45, 2.75) is 0 Å². The van der Waals surface area contributed by atoms with Crippen LogP contribution in [0.2, 0.25) is 0 Å². The zero-order valence-electron chi connectivity index (χ0n) is 11.7. The molecule has 0 aliphatic rings. The molecular formula is C16H13N3O2. The molecule has 104 valence electrons. The van der Waals surface area contributed by atoms with Crippen molar-refractivity contribution >= 4 is 5.52 Å². The summed E-state index contributed by atoms with van der Waals surface area (Å²) in [7, 11) is 3.18. The Morgan fingerprint density at radius 1 is 1.10 bits per heavy atom. The van der Waals surface area contributed by atoms with Crippen LogP contribution in [0.5, 0.6) is 11.5 Å². The Morgan fingerprint density at radius 2 is 1.90 bits per heavy atom. The average Bonchev–Trinajstić information content (AvgIpc) is 2.93. The molecule has 3 rings (SSSR count). The number of rotatable bonds is 3. The van der Waals surface area contributed by atoms with E-state index < -0.39 is 0 Å². The zero-order valence-corrected chi connectivity index (χ0v) is 11.7. The van der Waals surface area contributed by atoms with Crippen LogP contribution < -0.4 is 9.47 Å². The fourth-order valence-electron chi connectivity index (χ4n) is 2.30. The summed E-state index contributed by atoms with van der Waals surface area (Å²) >= 11 is 0. The van der Waals surface area contributed by atoms with Gasteiger partial charge in [0.1, 0.15) is 11.9 Å². The molecule has 0 aliphatic heterocycles. The highest BCUT2D eigenvalue weighted by Crippen LogP contribution is 2.32. The Kier molecular flexibility index (Phi) is 3.20. The van der Waals surface area contributed by atoms with E-state index >= 15 is 0 Å². The molecule has 0 saturated carbocycles. The van der Waals surface area contributed by atoms with Gasteiger partial charge in [-0.2, -0.15) is 5.26 Å². The molecular weight excluding hydrogens is 266 g/mol. The minimum absolute atomic E-state index is 0.403. The molecule has 0 amide bonds. The third-order valence-electron chi connectivity index (χ3n) is 3.30. The van der Waals surface area contributed by atoms with Crippen LogP contribution in [0.15, 0.2) is 42.6 Å². The predicted octanol–water partition coefficient (Wildman–Crippen LogP) is 2.89. The Morgan fingerprint density at radius 3 is 2.62 bits per heavy atom. The van der Waals surface area contributed by atoms with Crippen molar-refractivity contribution in [3.05, 3.63) is 48.3 Å². The summed E-state index contributed by atoms with van der Waals surface area (Å²) < 4.78 is 12.4. The largest absolute Gasteiger partial charge is 0.493 e. The first-order chi connectivity index (χ1) is 10.3. The fraction of sp³-hybridized carbons (Fsp3) is 0.125. The lowest BCUT2D eigenvalue weighted by Gasteiger charge is -2.09. The van der Waals surface area contributed by atoms with Gasteiger partial charge in [0.25, 0.3) is 0 Å². The molecule has 0 aliphatic carbocycles. The number of pyridine rings is 1. The number of aromatic nitrogens is 2. The van der Waals surface area contributed by atoms with Crippen molar-refractivity contribution in [2.24, 2.45) is 0 Å². The molecule has 0 spiro atoms. The average molecular weight is 279 g/mol. The Bertz CT molecular complexity index is 846. The van der Waals surface area contributed by atoms with Gasteiger partial charge in [-0.05, 0) is 30.3 Å². The Balaban J connectivity index is 2.24. The van der Waals surface area contributed by atoms with Crippen LogP contribution in [-0.2, 0) is 0 Å². The molecule has 1 aromatic carbocycles. The highest BCUT2D eigenvalue weighted by Gasteiger charge is 2.14. The first-order valence-electron chi connectivity index (χ1n) is 6.38. The highest BCUT2D eigenvalue weighted by molar-refractivity contribution is 5.70. The molecule has 5 nitrogen and oxygen atoms in total. The van der Waals surface area contributed by atoms with Gasteiger partial charge in [0, 0.05) is 11.8 Å². The first-order valence-corrected chi connectivity index (χ1v) is 6.38. The normalized spacial score (nSPS) is 10.3. The molecule has 0 saturated heterocycles. The molecule has 2 aromatic heterocycles. The van der Waals surface area contributed by atoms with Gasteiger partial charge in [-0.1, -0.05) is 6.07 Å². The second-order valence-electron chi connectivity index (χ2n) is 4.42. The maximum absolute atomic E-state index is 9.21. The van der Waals surface area contributed by atoms with Gasteiger partial charge in [-0.15, -0.1) is 0 Å². The maximum atomic E-state index is 9.21. The number of hydrogen-bond acceptors (Lipinski definition) is 4. The maximum Gasteiger partial charge on any atom is 0.166 e. The monoisotopic (exact) mass is 279 g/mol. The molecule has 0 N–H and O–H groups in total. The number of ether oxygens (including phenoxy) is 2. The molecule has 0 atom stereocenters. The zero-order chi connectivity index (χ0) is 14.8. The van der Waals surface area contributed by atoms with Gasteiger partial charge >= 0.3 is 0 Å². The lowest BCUT2D eigenvalue weighted by Crippen LogP contribution is -1.93. The van der Waals surface area contributed by atoms with Crippen molar-refractivity contribution in [3.63, 3.8) is 0 Å². The van der Waals surface area contributed by atoms with Crippen molar-refractivity contribution < 1.29 is 9.47 Å². The van der Waals surface area contributed by atoms with E-state index in [-0.39, 0.29) is 0 Å². The molecule has 21 heavy (non-hydrogen) atoms. The van der Waals surface area contributed by atoms with Crippen LogP contribution in [0.3, 0.4) is 0 Å². The first kappa shape index (κ1) is 13.0. The Hall–Kier alpha value is -3.00. The van der Waals surface area contributed by atoms with Gasteiger partial charge in [0.15, 0.2) is 17.2 Å². The van der Waals surface area contributed by atoms with E-state index in [2.05, 4.69) is 11.1 Å². The quantitative estimate of drug-likeness (QED) is 0.739. The third kappa shape index (κ3) is 2.07. The second kappa shape index (κ2) is 5.17. The summed E-state index contributed by atoms with van der Waals surface area (Å²) in [5, 5.41) is 9.21. The summed E-state index contributed by atoms with van der Waals surface area (Å²) in [6.45, 7) is 0. The van der Waals surface area contributed by atoms with Gasteiger partial charge in [-0.3, -0.25) is 4.40 Å². The summed E-state index contributed by atoms with van der Waals surface area (Å²) in [6.07, 6.45) is 1.88. The van der Waals surface area contributed by atoms with Crippen LogP contribution in [0, 0.1) is 11.3 Å². The topological polar surface area (TPSA) is 59.5 Å². The number of imidazole rings is 1. The van der Waals surface area contributed by atoms with E-state index in [4.69, 9.17) is 9.47 Å². The van der Waals surface area contributed by atoms with E-state index in [1.54, 1.807) is 14.2 Å². The number of nitrogens with zero attached hydrogens (tertiary/aromatic N) is 3. The van der Waals surface area contributed by atoms with Crippen molar-refractivity contribution in [1.29, 1.82) is 5.26 Å². The Labute approximate surface area is 122 Å². The second-order valence-corrected chi connectivity index (χ2v) is 4.42. The molecule has 3 aromatic rings. The number of methoxy groups -OCH3 is 2. The van der Waals surface area contributed by atoms with Gasteiger partial charge in [-0.25, -0.2) is 4.98 Å². The van der Waals surface area contributed by atoms with E-state index in [0.29, 0.717) is 23.0 Å². The van der Waals surface area contributed by atoms with E-state index in [1.165, 1.54) is 0 Å². The number of nitriles is 1. The predicted molar refractivity (Wildman–Crippen MR) is 78.4 cm³/mol. The summed E-state index contributed by atoms with van der Waals surface area (Å²) in [5.41, 5.74) is 2.04. The molecule has 2 heterocycles. The number of benzene rings is 1. The van der Waals surface area contributed by atoms with Crippen LogP contribution >= 0.6 is 0 Å². The number of hydrogen-bond donors (Lipinski definition) is 0. The lowest BCUT2D eigenvalue weighted by molar-refractivity contribution is 0.355. The minimum atomic E-state index is 0.403. The molecule has 0 bridgehead atoms. The summed E-state index contributed by atoms with van der Waals surface area (Å²) in [4.78, 5) is 4.41. The molecule has 0 fully saturated rings. The standard InChI is InChI=1S/C16H13N3O2/c1-20-14-7-6-11(9-15(14)21-2)16-18-12(10-17)13-5-3-4-8-19(13)16/h3-9H,1-2H3. The smallest absolute Gasteiger partial charge is 0.166 e. The minimum Gasteiger partial charge on any atom is -0.493 e. The van der Waals surface area contributed by atoms with Crippen LogP contribution in [-0.4, -0.2) is 23.6 Å². The lowest BCUT2D eigenvalue weighted by atomic mass is 10.2.